The Morgan fingerprint density at radius 2 is 2.07 bits per heavy atom. The quantitative estimate of drug-likeness (QED) is 0.581. The highest BCUT2D eigenvalue weighted by molar-refractivity contribution is 9.10. The van der Waals surface area contributed by atoms with Gasteiger partial charge in [0.05, 0.1) is 5.70 Å². The Labute approximate surface area is 176 Å². The Kier molecular flexibility index (Phi) is 2.99. The molecule has 2 bridgehead atoms. The molecule has 1 aromatic carbocycles. The number of anilines is 1. The molecule has 3 saturated heterocycles. The molecule has 0 aliphatic carbocycles. The SMILES string of the molecule is CC1(C)[C@@H](Cl)C[C@]23[C@@H]4CC(=O)N2CC=C2NC(=O)N[C@@]21N3c1cc(Br)ccc14. The molecule has 0 radical (unpaired) electrons. The van der Waals surface area contributed by atoms with Crippen molar-refractivity contribution >= 4 is 45.2 Å². The van der Waals surface area contributed by atoms with Gasteiger partial charge in [-0.3, -0.25) is 4.79 Å². The lowest BCUT2D eigenvalue weighted by molar-refractivity contribution is -0.132. The van der Waals surface area contributed by atoms with Gasteiger partial charge in [-0.1, -0.05) is 35.8 Å². The van der Waals surface area contributed by atoms with E-state index in [2.05, 4.69) is 57.4 Å². The maximum Gasteiger partial charge on any atom is 0.321 e. The molecule has 2 spiro atoms. The predicted molar refractivity (Wildman–Crippen MR) is 109 cm³/mol. The maximum atomic E-state index is 13.1. The minimum atomic E-state index is -0.835. The number of halogens is 2. The number of hydrogen-bond donors (Lipinski definition) is 2. The van der Waals surface area contributed by atoms with E-state index in [1.165, 1.54) is 0 Å². The topological polar surface area (TPSA) is 64.7 Å². The van der Waals surface area contributed by atoms with Gasteiger partial charge in [0, 0.05) is 46.3 Å². The van der Waals surface area contributed by atoms with Crippen LogP contribution in [0.4, 0.5) is 10.5 Å². The molecular formula is C20H20BrClN4O2. The molecular weight excluding hydrogens is 444 g/mol. The number of carbonyl (C=O) groups is 2. The van der Waals surface area contributed by atoms with Crippen LogP contribution in [-0.2, 0) is 4.79 Å². The predicted octanol–water partition coefficient (Wildman–Crippen LogP) is 3.23. The van der Waals surface area contributed by atoms with Crippen molar-refractivity contribution in [2.75, 3.05) is 11.4 Å². The lowest BCUT2D eigenvalue weighted by Gasteiger charge is -2.63. The normalized spacial score (nSPS) is 38.9. The fourth-order valence-electron chi connectivity index (χ4n) is 6.35. The Morgan fingerprint density at radius 3 is 2.86 bits per heavy atom. The summed E-state index contributed by atoms with van der Waals surface area (Å²) in [6.45, 7) is 4.69. The van der Waals surface area contributed by atoms with Crippen LogP contribution in [0, 0.1) is 5.41 Å². The van der Waals surface area contributed by atoms with Gasteiger partial charge in [0.2, 0.25) is 5.91 Å². The molecule has 6 nitrogen and oxygen atoms in total. The van der Waals surface area contributed by atoms with Crippen LogP contribution in [-0.4, -0.2) is 40.1 Å². The fourth-order valence-corrected chi connectivity index (χ4v) is 7.09. The van der Waals surface area contributed by atoms with E-state index in [0.717, 1.165) is 21.4 Å². The molecule has 6 rings (SSSR count). The summed E-state index contributed by atoms with van der Waals surface area (Å²) in [5.41, 5.74) is 1.13. The highest BCUT2D eigenvalue weighted by Crippen LogP contribution is 2.67. The molecule has 0 unspecified atom stereocenters. The second kappa shape index (κ2) is 4.87. The van der Waals surface area contributed by atoms with E-state index in [1.54, 1.807) is 0 Å². The molecule has 1 aromatic rings. The molecule has 3 fully saturated rings. The molecule has 0 aromatic heterocycles. The molecule has 4 atom stereocenters. The van der Waals surface area contributed by atoms with Gasteiger partial charge in [-0.25, -0.2) is 4.79 Å². The zero-order valence-electron chi connectivity index (χ0n) is 15.6. The van der Waals surface area contributed by atoms with Crippen molar-refractivity contribution in [1.82, 2.24) is 15.5 Å². The Bertz CT molecular complexity index is 1010. The Morgan fingerprint density at radius 1 is 1.29 bits per heavy atom. The first-order valence-corrected chi connectivity index (χ1v) is 10.8. The third kappa shape index (κ3) is 1.58. The monoisotopic (exact) mass is 462 g/mol. The smallest absolute Gasteiger partial charge is 0.319 e. The van der Waals surface area contributed by atoms with Crippen molar-refractivity contribution in [3.8, 4) is 0 Å². The number of carbonyl (C=O) groups excluding carboxylic acids is 2. The summed E-state index contributed by atoms with van der Waals surface area (Å²) in [5, 5.41) is 6.03. The summed E-state index contributed by atoms with van der Waals surface area (Å²) in [7, 11) is 0. The Balaban J connectivity index is 1.75. The van der Waals surface area contributed by atoms with Crippen molar-refractivity contribution < 1.29 is 9.59 Å². The average molecular weight is 464 g/mol. The highest BCUT2D eigenvalue weighted by atomic mass is 79.9. The molecule has 5 aliphatic rings. The lowest BCUT2D eigenvalue weighted by atomic mass is 9.65. The van der Waals surface area contributed by atoms with Gasteiger partial charge in [0.15, 0.2) is 5.66 Å². The standard InChI is InChI=1S/C20H20BrClN4O2/c1-18(2)14(22)9-19-12-8-16(27)25(19)6-5-15-20(18,24-17(28)23-15)26(19)13-7-10(21)3-4-11(12)13/h3-5,7,12,14H,6,8-9H2,1-2H3,(H2,23,24,28)/t12-,14+,19+,20-/m1/s1. The van der Waals surface area contributed by atoms with Crippen molar-refractivity contribution in [1.29, 1.82) is 0 Å². The second-order valence-electron chi connectivity index (χ2n) is 8.98. The summed E-state index contributed by atoms with van der Waals surface area (Å²) >= 11 is 10.7. The number of hydrogen-bond acceptors (Lipinski definition) is 3. The lowest BCUT2D eigenvalue weighted by Crippen LogP contribution is -2.79. The third-order valence-corrected chi connectivity index (χ3v) is 8.84. The highest BCUT2D eigenvalue weighted by Gasteiger charge is 2.76. The van der Waals surface area contributed by atoms with E-state index in [-0.39, 0.29) is 23.2 Å². The minimum Gasteiger partial charge on any atom is -0.319 e. The van der Waals surface area contributed by atoms with E-state index < -0.39 is 16.7 Å². The van der Waals surface area contributed by atoms with Crippen LogP contribution in [0.15, 0.2) is 34.4 Å². The van der Waals surface area contributed by atoms with Crippen molar-refractivity contribution in [3.63, 3.8) is 0 Å². The van der Waals surface area contributed by atoms with Crippen LogP contribution in [0.3, 0.4) is 0 Å². The first-order valence-electron chi connectivity index (χ1n) is 9.57. The zero-order valence-corrected chi connectivity index (χ0v) is 17.9. The van der Waals surface area contributed by atoms with Crippen molar-refractivity contribution in [3.05, 3.63) is 40.0 Å². The minimum absolute atomic E-state index is 0.0302. The van der Waals surface area contributed by atoms with Gasteiger partial charge in [0.1, 0.15) is 5.66 Å². The van der Waals surface area contributed by atoms with Gasteiger partial charge in [-0.15, -0.1) is 11.6 Å². The molecule has 5 aliphatic heterocycles. The van der Waals surface area contributed by atoms with Crippen LogP contribution in [0.1, 0.15) is 38.2 Å². The van der Waals surface area contributed by atoms with Crippen LogP contribution >= 0.6 is 27.5 Å². The van der Waals surface area contributed by atoms with Crippen LogP contribution in [0.25, 0.3) is 0 Å². The first kappa shape index (κ1) is 17.2. The molecule has 0 saturated carbocycles. The largest absolute Gasteiger partial charge is 0.321 e. The summed E-state index contributed by atoms with van der Waals surface area (Å²) in [4.78, 5) is 30.0. The molecule has 2 N–H and O–H groups in total. The van der Waals surface area contributed by atoms with Gasteiger partial charge in [-0.2, -0.15) is 0 Å². The second-order valence-corrected chi connectivity index (χ2v) is 10.4. The summed E-state index contributed by atoms with van der Waals surface area (Å²) < 4.78 is 0.974. The molecule has 8 heteroatoms. The van der Waals surface area contributed by atoms with Gasteiger partial charge in [-0.05, 0) is 23.8 Å². The van der Waals surface area contributed by atoms with Crippen molar-refractivity contribution in [2.45, 2.75) is 49.3 Å². The van der Waals surface area contributed by atoms with E-state index in [4.69, 9.17) is 11.6 Å². The maximum absolute atomic E-state index is 13.1. The number of alkyl halides is 1. The molecule has 5 heterocycles. The van der Waals surface area contributed by atoms with Gasteiger partial charge >= 0.3 is 6.03 Å². The molecule has 28 heavy (non-hydrogen) atoms. The number of piperidine rings is 1. The number of nitrogens with zero attached hydrogens (tertiary/aromatic N) is 2. The van der Waals surface area contributed by atoms with E-state index in [1.807, 2.05) is 17.0 Å². The van der Waals surface area contributed by atoms with E-state index in [9.17, 15) is 9.59 Å². The number of urea groups is 1. The van der Waals surface area contributed by atoms with Crippen LogP contribution in [0.2, 0.25) is 0 Å². The number of rotatable bonds is 0. The van der Waals surface area contributed by atoms with Crippen LogP contribution < -0.4 is 15.5 Å². The molecule has 3 amide bonds. The number of amides is 3. The summed E-state index contributed by atoms with van der Waals surface area (Å²) in [6, 6.07) is 6.03. The first-order chi connectivity index (χ1) is 13.2. The number of nitrogens with one attached hydrogen (secondary N) is 2. The fraction of sp³-hybridized carbons (Fsp3) is 0.500. The van der Waals surface area contributed by atoms with Gasteiger partial charge < -0.3 is 20.4 Å². The van der Waals surface area contributed by atoms with E-state index in [0.29, 0.717) is 19.4 Å². The summed E-state index contributed by atoms with van der Waals surface area (Å²) in [5.74, 6) is 0.174. The Hall–Kier alpha value is -1.73. The van der Waals surface area contributed by atoms with Crippen LogP contribution in [0.5, 0.6) is 0 Å². The molecule has 146 valence electrons. The average Bonchev–Trinajstić information content (AvgIpc) is 3.14. The van der Waals surface area contributed by atoms with E-state index >= 15 is 0 Å². The third-order valence-electron chi connectivity index (χ3n) is 7.64. The number of benzene rings is 1. The van der Waals surface area contributed by atoms with Crippen molar-refractivity contribution in [2.24, 2.45) is 5.41 Å². The van der Waals surface area contributed by atoms with Gasteiger partial charge in [0.25, 0.3) is 0 Å². The zero-order chi connectivity index (χ0) is 19.6. The number of fused-ring (bicyclic) bond motifs is 2. The summed E-state index contributed by atoms with van der Waals surface area (Å²) in [6.07, 6.45) is 3.12.